The Morgan fingerprint density at radius 3 is 1.71 bits per heavy atom. The van der Waals surface area contributed by atoms with Crippen LogP contribution in [0.1, 0.15) is 94.9 Å². The zero-order chi connectivity index (χ0) is 53.4. The third-order valence-corrected chi connectivity index (χ3v) is 16.1. The second-order valence-corrected chi connectivity index (χ2v) is 22.1. The number of esters is 3. The van der Waals surface area contributed by atoms with Gasteiger partial charge in [-0.2, -0.15) is 0 Å². The fraction of sp³-hybridized carbons (Fsp3) is 0.549. The van der Waals surface area contributed by atoms with Crippen LogP contribution >= 0.6 is 45.9 Å². The maximum atomic E-state index is 14.4. The van der Waals surface area contributed by atoms with Crippen molar-refractivity contribution < 1.29 is 66.7 Å². The SMILES string of the molecule is COC(=O)[C@H]1O[C@@H](Oc2cc3c(c4c(C)csc24)[C@H](CCl)CN3C(=O)CCCC(=O)N2C[C@@H](CCl)c3c2cc(OC(=O)N(C)CCN(C)C(=O)OC(C)(C)C)c2scc(C)c32)[C@H](C)[C@@H](OC(C)=O)[C@@H]1OC(C)=O. The normalized spacial score (nSPS) is 21.4. The molecule has 7 atom stereocenters. The van der Waals surface area contributed by atoms with Crippen molar-refractivity contribution in [3.63, 3.8) is 0 Å². The standard InChI is InChI=1S/C51H62Cl2N4O14S2/c1-25-23-72-45-34(68-48-27(3)42(66-28(4)58)43(67-29(5)59)44(70-48)47(62)65-11)17-32-40(38(25)45)30(19-52)21-56(32)36(60)13-12-14-37(61)57-22-31(20-53)41-33(57)18-35(46-39(41)26(2)24-73-46)69-49(63)54(9)15-16-55(10)50(64)71-51(6,7)8/h17-18,23-24,27,30-31,42-44,48H,12-16,19-22H2,1-11H3/t27-,30-,31-,42-,43+,44+,48-/m1/s1. The van der Waals surface area contributed by atoms with Gasteiger partial charge in [-0.05, 0) is 74.1 Å². The molecule has 18 nitrogen and oxygen atoms in total. The molecule has 3 aliphatic heterocycles. The first-order chi connectivity index (χ1) is 34.5. The molecule has 7 rings (SSSR count). The number of benzene rings is 2. The summed E-state index contributed by atoms with van der Waals surface area (Å²) in [5.41, 5.74) is 4.14. The number of fused-ring (bicyclic) bond motifs is 6. The molecular weight excluding hydrogens is 1030 g/mol. The van der Waals surface area contributed by atoms with Crippen LogP contribution in [0.4, 0.5) is 21.0 Å². The molecule has 0 bridgehead atoms. The Morgan fingerprint density at radius 2 is 1.23 bits per heavy atom. The van der Waals surface area contributed by atoms with Crippen LogP contribution < -0.4 is 19.3 Å². The highest BCUT2D eigenvalue weighted by molar-refractivity contribution is 7.18. The van der Waals surface area contributed by atoms with Crippen LogP contribution in [-0.2, 0) is 47.7 Å². The number of amides is 4. The third-order valence-electron chi connectivity index (χ3n) is 13.1. The summed E-state index contributed by atoms with van der Waals surface area (Å²) in [5, 5.41) is 5.67. The second-order valence-electron chi connectivity index (χ2n) is 19.7. The summed E-state index contributed by atoms with van der Waals surface area (Å²) in [6, 6.07) is 3.46. The molecule has 2 aromatic carbocycles. The fourth-order valence-electron chi connectivity index (χ4n) is 9.57. The molecule has 73 heavy (non-hydrogen) atoms. The number of halogens is 2. The van der Waals surface area contributed by atoms with Crippen LogP contribution in [0.25, 0.3) is 20.2 Å². The van der Waals surface area contributed by atoms with Crippen molar-refractivity contribution in [1.29, 1.82) is 0 Å². The van der Waals surface area contributed by atoms with Crippen LogP contribution in [-0.4, -0.2) is 141 Å². The van der Waals surface area contributed by atoms with Crippen molar-refractivity contribution in [1.82, 2.24) is 9.80 Å². The van der Waals surface area contributed by atoms with Gasteiger partial charge in [0.05, 0.1) is 33.8 Å². The van der Waals surface area contributed by atoms with E-state index in [2.05, 4.69) is 0 Å². The number of rotatable bonds is 15. The molecule has 22 heteroatoms. The van der Waals surface area contributed by atoms with Gasteiger partial charge in [-0.3, -0.25) is 19.2 Å². The second kappa shape index (κ2) is 22.6. The highest BCUT2D eigenvalue weighted by atomic mass is 35.5. The Balaban J connectivity index is 1.09. The number of thiophene rings is 2. The van der Waals surface area contributed by atoms with Crippen molar-refractivity contribution >= 4 is 119 Å². The predicted molar refractivity (Wildman–Crippen MR) is 278 cm³/mol. The maximum Gasteiger partial charge on any atom is 0.415 e. The molecule has 396 valence electrons. The van der Waals surface area contributed by atoms with Crippen molar-refractivity contribution in [3.8, 4) is 11.5 Å². The summed E-state index contributed by atoms with van der Waals surface area (Å²) in [6.07, 6.45) is -6.11. The fourth-order valence-corrected chi connectivity index (χ4v) is 12.1. The number of anilines is 2. The average molecular weight is 1090 g/mol. The first-order valence-electron chi connectivity index (χ1n) is 23.9. The van der Waals surface area contributed by atoms with Gasteiger partial charge in [0.1, 0.15) is 11.4 Å². The lowest BCUT2D eigenvalue weighted by atomic mass is 9.91. The van der Waals surface area contributed by atoms with Gasteiger partial charge in [0.2, 0.25) is 18.1 Å². The zero-order valence-electron chi connectivity index (χ0n) is 42.8. The molecule has 0 unspecified atom stereocenters. The molecule has 2 aromatic heterocycles. The molecular formula is C51H62Cl2N4O14S2. The van der Waals surface area contributed by atoms with Gasteiger partial charge >= 0.3 is 30.1 Å². The zero-order valence-corrected chi connectivity index (χ0v) is 45.9. The minimum atomic E-state index is -1.50. The number of carbonyl (C=O) groups excluding carboxylic acids is 7. The van der Waals surface area contributed by atoms with Gasteiger partial charge in [-0.1, -0.05) is 6.92 Å². The molecule has 0 saturated carbocycles. The Kier molecular flexibility index (Phi) is 17.1. The van der Waals surface area contributed by atoms with Crippen molar-refractivity contribution in [2.24, 2.45) is 5.92 Å². The molecule has 1 fully saturated rings. The predicted octanol–water partition coefficient (Wildman–Crippen LogP) is 9.02. The average Bonchev–Trinajstić information content (AvgIpc) is 4.11. The summed E-state index contributed by atoms with van der Waals surface area (Å²) in [6.45, 7) is 14.2. The Morgan fingerprint density at radius 1 is 0.753 bits per heavy atom. The Hall–Kier alpha value is -5.41. The van der Waals surface area contributed by atoms with Gasteiger partial charge in [0.15, 0.2) is 24.1 Å². The number of ether oxygens (including phenoxy) is 7. The van der Waals surface area contributed by atoms with E-state index in [-0.39, 0.29) is 80.1 Å². The quantitative estimate of drug-likeness (QED) is 0.0621. The lowest BCUT2D eigenvalue weighted by Gasteiger charge is -2.42. The summed E-state index contributed by atoms with van der Waals surface area (Å²) in [7, 11) is 4.32. The molecule has 0 aliphatic carbocycles. The molecule has 0 spiro atoms. The van der Waals surface area contributed by atoms with Crippen molar-refractivity contribution in [3.05, 3.63) is 45.1 Å². The molecule has 0 radical (unpaired) electrons. The van der Waals surface area contributed by atoms with Crippen molar-refractivity contribution in [2.45, 2.75) is 117 Å². The minimum Gasteiger partial charge on any atom is -0.467 e. The summed E-state index contributed by atoms with van der Waals surface area (Å²) in [4.78, 5) is 98.4. The number of hydrogen-bond donors (Lipinski definition) is 0. The summed E-state index contributed by atoms with van der Waals surface area (Å²) >= 11 is 16.1. The smallest absolute Gasteiger partial charge is 0.415 e. The summed E-state index contributed by atoms with van der Waals surface area (Å²) in [5.74, 6) is -2.85. The first kappa shape index (κ1) is 55.3. The van der Waals surface area contributed by atoms with Crippen LogP contribution in [0.15, 0.2) is 22.9 Å². The van der Waals surface area contributed by atoms with E-state index in [1.54, 1.807) is 63.7 Å². The monoisotopic (exact) mass is 1090 g/mol. The van der Waals surface area contributed by atoms with E-state index >= 15 is 0 Å². The lowest BCUT2D eigenvalue weighted by Crippen LogP contribution is -2.60. The number of carbonyl (C=O) groups is 7. The van der Waals surface area contributed by atoms with Crippen molar-refractivity contribution in [2.75, 3.05) is 68.9 Å². The topological polar surface area (TPSA) is 197 Å². The van der Waals surface area contributed by atoms with Crippen LogP contribution in [0.3, 0.4) is 0 Å². The largest absolute Gasteiger partial charge is 0.467 e. The highest BCUT2D eigenvalue weighted by Gasteiger charge is 2.53. The first-order valence-corrected chi connectivity index (χ1v) is 26.7. The van der Waals surface area contributed by atoms with Crippen LogP contribution in [0.5, 0.6) is 11.5 Å². The number of methoxy groups -OCH3 is 1. The molecule has 1 saturated heterocycles. The van der Waals surface area contributed by atoms with Gasteiger partial charge in [0, 0.05) is 113 Å². The van der Waals surface area contributed by atoms with Gasteiger partial charge in [0.25, 0.3) is 0 Å². The molecule has 4 amide bonds. The molecule has 5 heterocycles. The van der Waals surface area contributed by atoms with Crippen LogP contribution in [0, 0.1) is 19.8 Å². The van der Waals surface area contributed by atoms with Gasteiger partial charge in [-0.15, -0.1) is 45.9 Å². The Bertz CT molecular complexity index is 2810. The number of hydrogen-bond acceptors (Lipinski definition) is 16. The van der Waals surface area contributed by atoms with Gasteiger partial charge in [-0.25, -0.2) is 14.4 Å². The lowest BCUT2D eigenvalue weighted by molar-refractivity contribution is -0.261. The Labute approximate surface area is 441 Å². The van der Waals surface area contributed by atoms with E-state index in [0.29, 0.717) is 23.7 Å². The van der Waals surface area contributed by atoms with E-state index in [4.69, 9.17) is 56.4 Å². The minimum absolute atomic E-state index is 0.0167. The molecule has 0 N–H and O–H groups in total. The maximum absolute atomic E-state index is 14.4. The highest BCUT2D eigenvalue weighted by Crippen LogP contribution is 2.51. The third kappa shape index (κ3) is 11.6. The van der Waals surface area contributed by atoms with Gasteiger partial charge < -0.3 is 52.8 Å². The molecule has 3 aliphatic rings. The summed E-state index contributed by atoms with van der Waals surface area (Å²) < 4.78 is 41.8. The van der Waals surface area contributed by atoms with E-state index in [0.717, 1.165) is 56.5 Å². The number of aryl methyl sites for hydroxylation is 2. The van der Waals surface area contributed by atoms with E-state index in [9.17, 15) is 33.6 Å². The molecule has 4 aromatic rings. The van der Waals surface area contributed by atoms with Crippen LogP contribution in [0.2, 0.25) is 0 Å². The van der Waals surface area contributed by atoms with E-state index < -0.39 is 66.2 Å². The number of alkyl halides is 2. The van der Waals surface area contributed by atoms with E-state index in [1.165, 1.54) is 39.4 Å². The van der Waals surface area contributed by atoms with E-state index in [1.807, 2.05) is 24.6 Å². The number of nitrogens with zero attached hydrogens (tertiary/aromatic N) is 4. The number of likely N-dealkylation sites (N-methyl/N-ethyl adjacent to an activating group) is 2.